The third-order valence-electron chi connectivity index (χ3n) is 2.51. The molecule has 0 saturated heterocycles. The number of hydrogen-bond donors (Lipinski definition) is 1. The lowest BCUT2D eigenvalue weighted by atomic mass is 10.2. The van der Waals surface area contributed by atoms with Gasteiger partial charge >= 0.3 is 5.97 Å². The van der Waals surface area contributed by atoms with Crippen LogP contribution >= 0.6 is 0 Å². The molecule has 0 atom stereocenters. The van der Waals surface area contributed by atoms with Crippen molar-refractivity contribution < 1.29 is 27.8 Å². The molecule has 1 N–H and O–H groups in total. The lowest BCUT2D eigenvalue weighted by Crippen LogP contribution is -2.15. The molecule has 0 unspecified atom stereocenters. The Kier molecular flexibility index (Phi) is 6.63. The van der Waals surface area contributed by atoms with Gasteiger partial charge in [0.25, 0.3) is 0 Å². The lowest BCUT2D eigenvalue weighted by Gasteiger charge is -2.06. The van der Waals surface area contributed by atoms with Crippen LogP contribution in [-0.2, 0) is 19.3 Å². The minimum absolute atomic E-state index is 0.00851. The second-order valence-corrected chi connectivity index (χ2v) is 6.07. The average Bonchev–Trinajstić information content (AvgIpc) is 2.43. The lowest BCUT2D eigenvalue weighted by molar-refractivity contribution is 0.0590. The van der Waals surface area contributed by atoms with E-state index in [-0.39, 0.29) is 22.8 Å². The average molecular weight is 302 g/mol. The van der Waals surface area contributed by atoms with E-state index >= 15 is 0 Å². The highest BCUT2D eigenvalue weighted by Gasteiger charge is 2.16. The van der Waals surface area contributed by atoms with E-state index in [2.05, 4.69) is 0 Å². The third-order valence-corrected chi connectivity index (χ3v) is 4.19. The molecule has 0 spiro atoms. The molecular weight excluding hydrogens is 284 g/mol. The molecular formula is C13H18O6S. The maximum absolute atomic E-state index is 12.0. The van der Waals surface area contributed by atoms with Crippen molar-refractivity contribution in [2.45, 2.75) is 11.8 Å². The van der Waals surface area contributed by atoms with Crippen LogP contribution in [0, 0.1) is 0 Å². The largest absolute Gasteiger partial charge is 0.478 e. The fourth-order valence-electron chi connectivity index (χ4n) is 1.47. The van der Waals surface area contributed by atoms with E-state index in [9.17, 15) is 13.2 Å². The fourth-order valence-corrected chi connectivity index (χ4v) is 2.64. The SMILES string of the molecule is CCOCCOCCS(=O)(=O)c1cccc(C(=O)O)c1. The zero-order chi connectivity index (χ0) is 15.0. The highest BCUT2D eigenvalue weighted by Crippen LogP contribution is 2.13. The first-order valence-electron chi connectivity index (χ1n) is 6.19. The first kappa shape index (κ1) is 16.6. The quantitative estimate of drug-likeness (QED) is 0.690. The van der Waals surface area contributed by atoms with E-state index in [1.54, 1.807) is 0 Å². The second-order valence-electron chi connectivity index (χ2n) is 3.96. The Morgan fingerprint density at radius 1 is 1.20 bits per heavy atom. The zero-order valence-electron chi connectivity index (χ0n) is 11.2. The van der Waals surface area contributed by atoms with Crippen LogP contribution in [0.2, 0.25) is 0 Å². The zero-order valence-corrected chi connectivity index (χ0v) is 12.1. The highest BCUT2D eigenvalue weighted by molar-refractivity contribution is 7.91. The van der Waals surface area contributed by atoms with E-state index in [0.717, 1.165) is 6.07 Å². The topological polar surface area (TPSA) is 89.9 Å². The number of benzene rings is 1. The molecule has 0 heterocycles. The molecule has 0 radical (unpaired) electrons. The molecule has 0 aliphatic heterocycles. The number of aromatic carboxylic acids is 1. The number of rotatable bonds is 9. The molecule has 0 aromatic heterocycles. The smallest absolute Gasteiger partial charge is 0.335 e. The van der Waals surface area contributed by atoms with Gasteiger partial charge < -0.3 is 14.6 Å². The van der Waals surface area contributed by atoms with Crippen molar-refractivity contribution in [1.82, 2.24) is 0 Å². The van der Waals surface area contributed by atoms with Gasteiger partial charge in [-0.05, 0) is 25.1 Å². The van der Waals surface area contributed by atoms with E-state index < -0.39 is 15.8 Å². The van der Waals surface area contributed by atoms with Crippen LogP contribution < -0.4 is 0 Å². The predicted molar refractivity (Wildman–Crippen MR) is 72.8 cm³/mol. The third kappa shape index (κ3) is 5.28. The van der Waals surface area contributed by atoms with Gasteiger partial charge in [0.15, 0.2) is 9.84 Å². The highest BCUT2D eigenvalue weighted by atomic mass is 32.2. The molecule has 1 rings (SSSR count). The Morgan fingerprint density at radius 3 is 2.55 bits per heavy atom. The van der Waals surface area contributed by atoms with Crippen LogP contribution in [0.25, 0.3) is 0 Å². The molecule has 112 valence electrons. The summed E-state index contributed by atoms with van der Waals surface area (Å²) in [6, 6.07) is 5.28. The molecule has 0 fully saturated rings. The minimum atomic E-state index is -3.54. The van der Waals surface area contributed by atoms with Crippen LogP contribution in [0.1, 0.15) is 17.3 Å². The summed E-state index contributed by atoms with van der Waals surface area (Å²) < 4.78 is 34.2. The van der Waals surface area contributed by atoms with Crippen molar-refractivity contribution >= 4 is 15.8 Å². The van der Waals surface area contributed by atoms with Crippen LogP contribution in [0.4, 0.5) is 0 Å². The minimum Gasteiger partial charge on any atom is -0.478 e. The summed E-state index contributed by atoms with van der Waals surface area (Å²) in [4.78, 5) is 10.8. The van der Waals surface area contributed by atoms with Gasteiger partial charge in [-0.1, -0.05) is 6.07 Å². The molecule has 0 bridgehead atoms. The Hall–Kier alpha value is -1.44. The van der Waals surface area contributed by atoms with Gasteiger partial charge in [0.05, 0.1) is 36.0 Å². The monoisotopic (exact) mass is 302 g/mol. The summed E-state index contributed by atoms with van der Waals surface area (Å²) >= 11 is 0. The summed E-state index contributed by atoms with van der Waals surface area (Å²) in [5.41, 5.74) is -0.0525. The van der Waals surface area contributed by atoms with Crippen molar-refractivity contribution in [1.29, 1.82) is 0 Å². The van der Waals surface area contributed by atoms with Gasteiger partial charge in [-0.3, -0.25) is 0 Å². The maximum atomic E-state index is 12.0. The predicted octanol–water partition coefficient (Wildman–Crippen LogP) is 1.21. The molecule has 6 nitrogen and oxygen atoms in total. The number of carboxylic acids is 1. The van der Waals surface area contributed by atoms with Crippen LogP contribution in [0.15, 0.2) is 29.2 Å². The van der Waals surface area contributed by atoms with Crippen LogP contribution in [0.5, 0.6) is 0 Å². The van der Waals surface area contributed by atoms with Gasteiger partial charge in [0.2, 0.25) is 0 Å². The van der Waals surface area contributed by atoms with Crippen molar-refractivity contribution in [3.8, 4) is 0 Å². The van der Waals surface area contributed by atoms with E-state index in [4.69, 9.17) is 14.6 Å². The first-order valence-corrected chi connectivity index (χ1v) is 7.84. The van der Waals surface area contributed by atoms with Crippen LogP contribution in [0.3, 0.4) is 0 Å². The molecule has 7 heteroatoms. The van der Waals surface area contributed by atoms with Gasteiger partial charge in [-0.15, -0.1) is 0 Å². The Bertz CT molecular complexity index is 538. The van der Waals surface area contributed by atoms with Gasteiger partial charge in [-0.25, -0.2) is 13.2 Å². The first-order chi connectivity index (χ1) is 9.47. The summed E-state index contributed by atoms with van der Waals surface area (Å²) in [6.45, 7) is 3.25. The Balaban J connectivity index is 2.56. The molecule has 20 heavy (non-hydrogen) atoms. The summed E-state index contributed by atoms with van der Waals surface area (Å²) in [5.74, 6) is -1.35. The maximum Gasteiger partial charge on any atom is 0.335 e. The van der Waals surface area contributed by atoms with Gasteiger partial charge in [0.1, 0.15) is 0 Å². The number of sulfone groups is 1. The van der Waals surface area contributed by atoms with Gasteiger partial charge in [0, 0.05) is 6.61 Å². The number of carboxylic acid groups (broad SMARTS) is 1. The normalized spacial score (nSPS) is 11.4. The van der Waals surface area contributed by atoms with Crippen molar-refractivity contribution in [3.05, 3.63) is 29.8 Å². The number of hydrogen-bond acceptors (Lipinski definition) is 5. The molecule has 0 amide bonds. The Morgan fingerprint density at radius 2 is 1.90 bits per heavy atom. The van der Waals surface area contributed by atoms with Crippen molar-refractivity contribution in [2.75, 3.05) is 32.2 Å². The molecule has 1 aromatic carbocycles. The van der Waals surface area contributed by atoms with Crippen molar-refractivity contribution in [3.63, 3.8) is 0 Å². The number of carbonyl (C=O) groups is 1. The second kappa shape index (κ2) is 7.98. The van der Waals surface area contributed by atoms with E-state index in [1.165, 1.54) is 18.2 Å². The van der Waals surface area contributed by atoms with E-state index in [0.29, 0.717) is 19.8 Å². The summed E-state index contributed by atoms with van der Waals surface area (Å²) in [6.07, 6.45) is 0. The molecule has 0 saturated carbocycles. The number of ether oxygens (including phenoxy) is 2. The van der Waals surface area contributed by atoms with E-state index in [1.807, 2.05) is 6.92 Å². The molecule has 0 aliphatic carbocycles. The standard InChI is InChI=1S/C13H18O6S/c1-2-18-6-7-19-8-9-20(16,17)12-5-3-4-11(10-12)13(14)15/h3-5,10H,2,6-9H2,1H3,(H,14,15). The van der Waals surface area contributed by atoms with Crippen LogP contribution in [-0.4, -0.2) is 51.7 Å². The fraction of sp³-hybridized carbons (Fsp3) is 0.462. The van der Waals surface area contributed by atoms with Crippen molar-refractivity contribution in [2.24, 2.45) is 0 Å². The summed E-state index contributed by atoms with van der Waals surface area (Å²) in [5, 5.41) is 8.84. The Labute approximate surface area is 118 Å². The van der Waals surface area contributed by atoms with Gasteiger partial charge in [-0.2, -0.15) is 0 Å². The molecule has 0 aliphatic rings. The molecule has 1 aromatic rings. The summed E-state index contributed by atoms with van der Waals surface area (Å²) in [7, 11) is -3.54.